The number of aromatic nitrogens is 2. The van der Waals surface area contributed by atoms with Gasteiger partial charge in [0.05, 0.1) is 6.07 Å². The van der Waals surface area contributed by atoms with Crippen molar-refractivity contribution in [1.29, 1.82) is 5.26 Å². The summed E-state index contributed by atoms with van der Waals surface area (Å²) in [6.07, 6.45) is 0.767. The van der Waals surface area contributed by atoms with E-state index in [1.165, 1.54) is 0 Å². The quantitative estimate of drug-likeness (QED) is 0.640. The lowest BCUT2D eigenvalue weighted by atomic mass is 10.0. The van der Waals surface area contributed by atoms with Crippen LogP contribution < -0.4 is 5.32 Å². The predicted octanol–water partition coefficient (Wildman–Crippen LogP) is 2.86. The van der Waals surface area contributed by atoms with E-state index in [0.29, 0.717) is 6.04 Å². The Hall–Kier alpha value is -1.12. The molecule has 5 heteroatoms. The van der Waals surface area contributed by atoms with Crippen LogP contribution >= 0.6 is 11.8 Å². The van der Waals surface area contributed by atoms with Crippen LogP contribution in [0.25, 0.3) is 0 Å². The van der Waals surface area contributed by atoms with E-state index in [4.69, 9.17) is 0 Å². The van der Waals surface area contributed by atoms with E-state index >= 15 is 0 Å². The standard InChI is InChI=1S/C14H22N4S/c1-10(2)18-14(5,9-15)6-7-19-13-16-11(3)8-12(4)17-13/h8,10,18H,6-7H2,1-5H3. The molecular formula is C14H22N4S. The maximum absolute atomic E-state index is 9.27. The third-order valence-electron chi connectivity index (χ3n) is 2.65. The molecule has 0 saturated carbocycles. The smallest absolute Gasteiger partial charge is 0.187 e. The minimum Gasteiger partial charge on any atom is -0.297 e. The second kappa shape index (κ2) is 6.88. The van der Waals surface area contributed by atoms with Crippen LogP contribution in [-0.2, 0) is 0 Å². The van der Waals surface area contributed by atoms with Gasteiger partial charge in [-0.05, 0) is 47.1 Å². The number of nitrogens with one attached hydrogen (secondary N) is 1. The summed E-state index contributed by atoms with van der Waals surface area (Å²) in [6.45, 7) is 9.98. The molecule has 0 radical (unpaired) electrons. The molecule has 0 bridgehead atoms. The first-order valence-corrected chi connectivity index (χ1v) is 7.47. The van der Waals surface area contributed by atoms with Crippen LogP contribution in [-0.4, -0.2) is 27.3 Å². The summed E-state index contributed by atoms with van der Waals surface area (Å²) in [5.74, 6) is 0.826. The molecule has 1 atom stereocenters. The summed E-state index contributed by atoms with van der Waals surface area (Å²) in [5.41, 5.74) is 1.48. The van der Waals surface area contributed by atoms with Gasteiger partial charge in [-0.1, -0.05) is 11.8 Å². The van der Waals surface area contributed by atoms with E-state index in [2.05, 4.69) is 35.2 Å². The van der Waals surface area contributed by atoms with Crippen LogP contribution in [0.15, 0.2) is 11.2 Å². The van der Waals surface area contributed by atoms with Gasteiger partial charge in [-0.15, -0.1) is 0 Å². The highest BCUT2D eigenvalue weighted by atomic mass is 32.2. The second-order valence-electron chi connectivity index (χ2n) is 5.27. The van der Waals surface area contributed by atoms with Gasteiger partial charge in [0.25, 0.3) is 0 Å². The number of thioether (sulfide) groups is 1. The van der Waals surface area contributed by atoms with E-state index in [0.717, 1.165) is 28.7 Å². The van der Waals surface area contributed by atoms with Crippen LogP contribution in [0.4, 0.5) is 0 Å². The highest BCUT2D eigenvalue weighted by Crippen LogP contribution is 2.19. The number of hydrogen-bond donors (Lipinski definition) is 1. The van der Waals surface area contributed by atoms with Crippen LogP contribution in [0.2, 0.25) is 0 Å². The first kappa shape index (κ1) is 15.9. The molecule has 0 aliphatic carbocycles. The molecule has 1 unspecified atom stereocenters. The first-order valence-electron chi connectivity index (χ1n) is 6.49. The molecule has 0 saturated heterocycles. The molecule has 0 amide bonds. The maximum atomic E-state index is 9.27. The first-order chi connectivity index (χ1) is 8.84. The van der Waals surface area contributed by atoms with Gasteiger partial charge in [0.1, 0.15) is 5.54 Å². The normalized spacial score (nSPS) is 14.2. The van der Waals surface area contributed by atoms with Gasteiger partial charge in [-0.3, -0.25) is 5.32 Å². The van der Waals surface area contributed by atoms with Gasteiger partial charge in [0.2, 0.25) is 0 Å². The molecule has 4 nitrogen and oxygen atoms in total. The Balaban J connectivity index is 2.55. The molecule has 1 aromatic heterocycles. The predicted molar refractivity (Wildman–Crippen MR) is 79.1 cm³/mol. The second-order valence-corrected chi connectivity index (χ2v) is 6.34. The number of hydrogen-bond acceptors (Lipinski definition) is 5. The Morgan fingerprint density at radius 3 is 2.42 bits per heavy atom. The SMILES string of the molecule is Cc1cc(C)nc(SCCC(C)(C#N)NC(C)C)n1. The van der Waals surface area contributed by atoms with Crippen molar-refractivity contribution in [3.63, 3.8) is 0 Å². The molecule has 1 heterocycles. The van der Waals surface area contributed by atoms with E-state index in [1.807, 2.05) is 26.8 Å². The maximum Gasteiger partial charge on any atom is 0.187 e. The number of rotatable bonds is 6. The molecule has 104 valence electrons. The summed E-state index contributed by atoms with van der Waals surface area (Å²) in [7, 11) is 0. The summed E-state index contributed by atoms with van der Waals surface area (Å²) in [6, 6.07) is 4.61. The van der Waals surface area contributed by atoms with Crippen molar-refractivity contribution in [1.82, 2.24) is 15.3 Å². The van der Waals surface area contributed by atoms with Gasteiger partial charge < -0.3 is 0 Å². The number of nitrogens with zero attached hydrogens (tertiary/aromatic N) is 3. The Kier molecular flexibility index (Phi) is 5.77. The van der Waals surface area contributed by atoms with Crippen molar-refractivity contribution >= 4 is 11.8 Å². The van der Waals surface area contributed by atoms with E-state index in [9.17, 15) is 5.26 Å². The molecule has 0 aliphatic rings. The third kappa shape index (κ3) is 5.58. The highest BCUT2D eigenvalue weighted by molar-refractivity contribution is 7.99. The summed E-state index contributed by atoms with van der Waals surface area (Å²) < 4.78 is 0. The van der Waals surface area contributed by atoms with Crippen molar-refractivity contribution in [2.24, 2.45) is 0 Å². The Morgan fingerprint density at radius 1 is 1.37 bits per heavy atom. The van der Waals surface area contributed by atoms with E-state index < -0.39 is 5.54 Å². The zero-order chi connectivity index (χ0) is 14.5. The van der Waals surface area contributed by atoms with E-state index in [-0.39, 0.29) is 0 Å². The highest BCUT2D eigenvalue weighted by Gasteiger charge is 2.24. The minimum atomic E-state index is -0.486. The lowest BCUT2D eigenvalue weighted by Gasteiger charge is -2.25. The molecular weight excluding hydrogens is 256 g/mol. The zero-order valence-electron chi connectivity index (χ0n) is 12.3. The lowest BCUT2D eigenvalue weighted by molar-refractivity contribution is 0.397. The summed E-state index contributed by atoms with van der Waals surface area (Å²) in [4.78, 5) is 8.78. The number of aryl methyl sites for hydroxylation is 2. The van der Waals surface area contributed by atoms with Crippen molar-refractivity contribution in [2.75, 3.05) is 5.75 Å². The lowest BCUT2D eigenvalue weighted by Crippen LogP contribution is -2.45. The van der Waals surface area contributed by atoms with Crippen LogP contribution in [0, 0.1) is 25.2 Å². The van der Waals surface area contributed by atoms with Crippen molar-refractivity contribution in [3.05, 3.63) is 17.5 Å². The Labute approximate surface area is 120 Å². The van der Waals surface area contributed by atoms with Crippen LogP contribution in [0.1, 0.15) is 38.6 Å². The fourth-order valence-corrected chi connectivity index (χ4v) is 3.01. The minimum absolute atomic E-state index is 0.298. The van der Waals surface area contributed by atoms with Gasteiger partial charge in [-0.2, -0.15) is 5.26 Å². The molecule has 0 fully saturated rings. The molecule has 1 rings (SSSR count). The Morgan fingerprint density at radius 2 is 1.95 bits per heavy atom. The fraction of sp³-hybridized carbons (Fsp3) is 0.643. The van der Waals surface area contributed by atoms with Crippen molar-refractivity contribution in [3.8, 4) is 6.07 Å². The van der Waals surface area contributed by atoms with Crippen molar-refractivity contribution in [2.45, 2.75) is 57.8 Å². The molecule has 0 aromatic carbocycles. The fourth-order valence-electron chi connectivity index (χ4n) is 1.90. The van der Waals surface area contributed by atoms with Gasteiger partial charge in [0, 0.05) is 23.2 Å². The van der Waals surface area contributed by atoms with Crippen LogP contribution in [0.3, 0.4) is 0 Å². The average Bonchev–Trinajstić information content (AvgIpc) is 2.26. The van der Waals surface area contributed by atoms with E-state index in [1.54, 1.807) is 11.8 Å². The van der Waals surface area contributed by atoms with Gasteiger partial charge in [0.15, 0.2) is 5.16 Å². The third-order valence-corrected chi connectivity index (χ3v) is 3.50. The summed E-state index contributed by atoms with van der Waals surface area (Å²) in [5, 5.41) is 13.4. The molecule has 19 heavy (non-hydrogen) atoms. The van der Waals surface area contributed by atoms with Gasteiger partial charge >= 0.3 is 0 Å². The van der Waals surface area contributed by atoms with Crippen LogP contribution in [0.5, 0.6) is 0 Å². The van der Waals surface area contributed by atoms with Gasteiger partial charge in [-0.25, -0.2) is 9.97 Å². The average molecular weight is 278 g/mol. The molecule has 0 aliphatic heterocycles. The molecule has 0 spiro atoms. The molecule has 1 N–H and O–H groups in total. The Bertz CT molecular complexity index is 447. The number of nitriles is 1. The topological polar surface area (TPSA) is 61.6 Å². The monoisotopic (exact) mass is 278 g/mol. The molecule has 1 aromatic rings. The van der Waals surface area contributed by atoms with Crippen molar-refractivity contribution < 1.29 is 0 Å². The largest absolute Gasteiger partial charge is 0.297 e. The zero-order valence-corrected chi connectivity index (χ0v) is 13.1. The summed E-state index contributed by atoms with van der Waals surface area (Å²) >= 11 is 1.60.